The maximum Gasteiger partial charge on any atom is 0.254 e. The monoisotopic (exact) mass is 471 g/mol. The molecule has 3 aromatic rings. The number of thiophene rings is 1. The lowest BCUT2D eigenvalue weighted by Crippen LogP contribution is -2.40. The van der Waals surface area contributed by atoms with Gasteiger partial charge in [-0.25, -0.2) is 0 Å². The van der Waals surface area contributed by atoms with Gasteiger partial charge in [-0.05, 0) is 53.3 Å². The van der Waals surface area contributed by atoms with Gasteiger partial charge in [-0.2, -0.15) is 0 Å². The maximum absolute atomic E-state index is 13.8. The van der Waals surface area contributed by atoms with E-state index in [1.54, 1.807) is 37.7 Å². The van der Waals surface area contributed by atoms with Gasteiger partial charge in [-0.3, -0.25) is 4.79 Å². The molecule has 2 aromatic carbocycles. The molecule has 0 fully saturated rings. The molecule has 1 aromatic heterocycles. The van der Waals surface area contributed by atoms with Crippen molar-refractivity contribution < 1.29 is 23.7 Å². The molecule has 166 valence electrons. The van der Waals surface area contributed by atoms with Crippen LogP contribution >= 0.6 is 22.9 Å². The summed E-state index contributed by atoms with van der Waals surface area (Å²) in [6.45, 7) is 1.43. The van der Waals surface area contributed by atoms with Crippen LogP contribution in [0.3, 0.4) is 0 Å². The Labute approximate surface area is 195 Å². The number of ether oxygens (including phenoxy) is 4. The number of hydrogen-bond donors (Lipinski definition) is 0. The van der Waals surface area contributed by atoms with Crippen molar-refractivity contribution in [2.45, 2.75) is 12.5 Å². The van der Waals surface area contributed by atoms with Crippen molar-refractivity contribution in [1.29, 1.82) is 0 Å². The van der Waals surface area contributed by atoms with Crippen LogP contribution in [0.25, 0.3) is 0 Å². The molecular formula is C24H22ClNO5S. The maximum atomic E-state index is 13.8. The van der Waals surface area contributed by atoms with Crippen LogP contribution in [0, 0.1) is 0 Å². The van der Waals surface area contributed by atoms with Crippen LogP contribution in [0.1, 0.15) is 32.4 Å². The number of benzene rings is 2. The Morgan fingerprint density at radius 1 is 1.12 bits per heavy atom. The topological polar surface area (TPSA) is 57.2 Å². The molecule has 0 unspecified atom stereocenters. The van der Waals surface area contributed by atoms with Gasteiger partial charge >= 0.3 is 0 Å². The Morgan fingerprint density at radius 2 is 1.91 bits per heavy atom. The number of methoxy groups -OCH3 is 2. The Balaban J connectivity index is 1.59. The minimum atomic E-state index is -0.238. The van der Waals surface area contributed by atoms with Crippen LogP contribution in [0.15, 0.2) is 41.8 Å². The van der Waals surface area contributed by atoms with Gasteiger partial charge in [0.2, 0.25) is 0 Å². The van der Waals surface area contributed by atoms with Crippen LogP contribution in [-0.2, 0) is 6.42 Å². The predicted molar refractivity (Wildman–Crippen MR) is 123 cm³/mol. The molecule has 0 N–H and O–H groups in total. The lowest BCUT2D eigenvalue weighted by molar-refractivity contribution is 0.0695. The molecule has 0 radical (unpaired) electrons. The van der Waals surface area contributed by atoms with Crippen molar-refractivity contribution in [3.05, 3.63) is 68.4 Å². The van der Waals surface area contributed by atoms with Crippen molar-refractivity contribution in [3.8, 4) is 23.0 Å². The quantitative estimate of drug-likeness (QED) is 0.537. The second-order valence-electron chi connectivity index (χ2n) is 7.55. The third kappa shape index (κ3) is 3.55. The molecule has 2 aliphatic rings. The summed E-state index contributed by atoms with van der Waals surface area (Å²) in [5.41, 5.74) is 2.66. The van der Waals surface area contributed by atoms with E-state index in [0.717, 1.165) is 16.0 Å². The summed E-state index contributed by atoms with van der Waals surface area (Å²) in [5.74, 6) is 2.22. The molecule has 0 bridgehead atoms. The van der Waals surface area contributed by atoms with Gasteiger partial charge in [0.05, 0.1) is 25.3 Å². The van der Waals surface area contributed by atoms with Crippen molar-refractivity contribution >= 4 is 28.8 Å². The number of fused-ring (bicyclic) bond motifs is 2. The Morgan fingerprint density at radius 3 is 2.66 bits per heavy atom. The van der Waals surface area contributed by atoms with Gasteiger partial charge in [-0.1, -0.05) is 17.7 Å². The summed E-state index contributed by atoms with van der Waals surface area (Å²) in [5, 5.41) is 2.40. The minimum absolute atomic E-state index is 0.109. The van der Waals surface area contributed by atoms with Crippen LogP contribution in [0.5, 0.6) is 23.0 Å². The van der Waals surface area contributed by atoms with E-state index in [1.807, 2.05) is 28.5 Å². The average Bonchev–Trinajstić information content (AvgIpc) is 3.36. The molecule has 0 spiro atoms. The first-order valence-corrected chi connectivity index (χ1v) is 11.5. The smallest absolute Gasteiger partial charge is 0.254 e. The predicted octanol–water partition coefficient (Wildman–Crippen LogP) is 4.98. The first kappa shape index (κ1) is 21.0. The highest BCUT2D eigenvalue weighted by Crippen LogP contribution is 2.44. The Kier molecular flexibility index (Phi) is 5.61. The lowest BCUT2D eigenvalue weighted by Gasteiger charge is -2.37. The summed E-state index contributed by atoms with van der Waals surface area (Å²) in [7, 11) is 3.25. The highest BCUT2D eigenvalue weighted by atomic mass is 35.5. The summed E-state index contributed by atoms with van der Waals surface area (Å²) in [4.78, 5) is 16.7. The van der Waals surface area contributed by atoms with Gasteiger partial charge in [0.15, 0.2) is 23.0 Å². The Bertz CT molecular complexity index is 1160. The van der Waals surface area contributed by atoms with E-state index >= 15 is 0 Å². The highest BCUT2D eigenvalue weighted by molar-refractivity contribution is 7.10. The van der Waals surface area contributed by atoms with Gasteiger partial charge in [0.1, 0.15) is 13.2 Å². The summed E-state index contributed by atoms with van der Waals surface area (Å²) < 4.78 is 22.3. The second kappa shape index (κ2) is 8.56. The van der Waals surface area contributed by atoms with Crippen LogP contribution in [-0.4, -0.2) is 44.8 Å². The zero-order valence-corrected chi connectivity index (χ0v) is 19.3. The third-order valence-electron chi connectivity index (χ3n) is 5.79. The fourth-order valence-corrected chi connectivity index (χ4v) is 5.44. The zero-order valence-electron chi connectivity index (χ0n) is 17.7. The number of hydrogen-bond acceptors (Lipinski definition) is 6. The molecule has 32 heavy (non-hydrogen) atoms. The van der Waals surface area contributed by atoms with Crippen LogP contribution < -0.4 is 18.9 Å². The first-order valence-electron chi connectivity index (χ1n) is 10.3. The number of amides is 1. The third-order valence-corrected chi connectivity index (χ3v) is 7.00. The second-order valence-corrected chi connectivity index (χ2v) is 8.94. The molecule has 1 atom stereocenters. The fraction of sp³-hybridized carbons (Fsp3) is 0.292. The van der Waals surface area contributed by atoms with E-state index in [4.69, 9.17) is 30.5 Å². The molecule has 2 aliphatic heterocycles. The number of carbonyl (C=O) groups excluding carboxylic acids is 1. The molecule has 6 nitrogen and oxygen atoms in total. The van der Waals surface area contributed by atoms with Crippen LogP contribution in [0.2, 0.25) is 5.02 Å². The molecule has 8 heteroatoms. The molecule has 1 amide bonds. The molecular weight excluding hydrogens is 450 g/mol. The van der Waals surface area contributed by atoms with E-state index < -0.39 is 0 Å². The van der Waals surface area contributed by atoms with E-state index in [0.29, 0.717) is 59.8 Å². The summed E-state index contributed by atoms with van der Waals surface area (Å²) in [6, 6.07) is 11.2. The SMILES string of the molecule is COc1cc2c(cc1OC)[C@@H](c1cccs1)N(C(=O)c1cc(Cl)c3c(c1)OCCO3)CC2. The van der Waals surface area contributed by atoms with Gasteiger partial charge in [0, 0.05) is 17.0 Å². The number of rotatable bonds is 4. The lowest BCUT2D eigenvalue weighted by atomic mass is 9.90. The van der Waals surface area contributed by atoms with Gasteiger partial charge in [0.25, 0.3) is 5.91 Å². The largest absolute Gasteiger partial charge is 0.493 e. The first-order chi connectivity index (χ1) is 15.6. The standard InChI is InChI=1S/C24H22ClNO5S/c1-28-18-11-14-5-6-26(22(21-4-3-9-32-21)16(14)13-19(18)29-2)24(27)15-10-17(25)23-20(12-15)30-7-8-31-23/h3-4,9-13,22H,5-8H2,1-2H3/t22-/m0/s1. The summed E-state index contributed by atoms with van der Waals surface area (Å²) in [6.07, 6.45) is 0.710. The van der Waals surface area contributed by atoms with E-state index in [-0.39, 0.29) is 11.9 Å². The minimum Gasteiger partial charge on any atom is -0.493 e. The normalized spacial score (nSPS) is 17.0. The average molecular weight is 472 g/mol. The Hall–Kier alpha value is -2.90. The van der Waals surface area contributed by atoms with Crippen molar-refractivity contribution in [2.75, 3.05) is 34.0 Å². The van der Waals surface area contributed by atoms with Crippen molar-refractivity contribution in [3.63, 3.8) is 0 Å². The van der Waals surface area contributed by atoms with Crippen molar-refractivity contribution in [1.82, 2.24) is 4.90 Å². The van der Waals surface area contributed by atoms with E-state index in [1.165, 1.54) is 0 Å². The number of halogens is 1. The fourth-order valence-electron chi connectivity index (χ4n) is 4.32. The molecule has 0 saturated carbocycles. The summed E-state index contributed by atoms with van der Waals surface area (Å²) >= 11 is 8.04. The highest BCUT2D eigenvalue weighted by Gasteiger charge is 2.35. The zero-order chi connectivity index (χ0) is 22.2. The number of nitrogens with zero attached hydrogens (tertiary/aromatic N) is 1. The van der Waals surface area contributed by atoms with E-state index in [9.17, 15) is 4.79 Å². The van der Waals surface area contributed by atoms with Crippen LogP contribution in [0.4, 0.5) is 0 Å². The van der Waals surface area contributed by atoms with Crippen molar-refractivity contribution in [2.24, 2.45) is 0 Å². The molecule has 0 aliphatic carbocycles. The molecule has 3 heterocycles. The van der Waals surface area contributed by atoms with E-state index in [2.05, 4.69) is 6.07 Å². The van der Waals surface area contributed by atoms with Gasteiger partial charge < -0.3 is 23.8 Å². The molecule has 0 saturated heterocycles. The van der Waals surface area contributed by atoms with Gasteiger partial charge in [-0.15, -0.1) is 11.3 Å². The molecule has 5 rings (SSSR count). The number of carbonyl (C=O) groups is 1.